The van der Waals surface area contributed by atoms with Crippen molar-refractivity contribution in [1.82, 2.24) is 10.2 Å². The topological polar surface area (TPSA) is 49.4 Å². The van der Waals surface area contributed by atoms with Gasteiger partial charge in [0.15, 0.2) is 0 Å². The van der Waals surface area contributed by atoms with E-state index in [0.29, 0.717) is 18.4 Å². The second-order valence-corrected chi connectivity index (χ2v) is 6.78. The Balaban J connectivity index is 2.98. The average Bonchev–Trinajstić information content (AvgIpc) is 2.44. The lowest BCUT2D eigenvalue weighted by atomic mass is 10.1. The number of nitrogens with zero attached hydrogens (tertiary/aromatic N) is 1. The van der Waals surface area contributed by atoms with Crippen molar-refractivity contribution < 1.29 is 14.0 Å². The Morgan fingerprint density at radius 3 is 2.39 bits per heavy atom. The number of hydrogen-bond acceptors (Lipinski definition) is 2. The molecule has 0 saturated heterocycles. The summed E-state index contributed by atoms with van der Waals surface area (Å²) in [5, 5.41) is 2.87. The van der Waals surface area contributed by atoms with Crippen molar-refractivity contribution in [2.75, 3.05) is 0 Å². The van der Waals surface area contributed by atoms with Crippen molar-refractivity contribution >= 4 is 11.8 Å². The van der Waals surface area contributed by atoms with Gasteiger partial charge in [-0.15, -0.1) is 0 Å². The zero-order valence-electron chi connectivity index (χ0n) is 14.6. The minimum absolute atomic E-state index is 0.0875. The highest BCUT2D eigenvalue weighted by Crippen LogP contribution is 2.15. The molecule has 1 unspecified atom stereocenters. The number of nitrogens with one attached hydrogen (secondary N) is 1. The maximum atomic E-state index is 13.9. The van der Waals surface area contributed by atoms with Gasteiger partial charge in [-0.2, -0.15) is 0 Å². The van der Waals surface area contributed by atoms with E-state index in [9.17, 15) is 14.0 Å². The number of halogens is 1. The van der Waals surface area contributed by atoms with Crippen LogP contribution < -0.4 is 5.32 Å². The van der Waals surface area contributed by atoms with Crippen molar-refractivity contribution in [3.63, 3.8) is 0 Å². The van der Waals surface area contributed by atoms with Crippen LogP contribution in [0, 0.1) is 5.82 Å². The summed E-state index contributed by atoms with van der Waals surface area (Å²) in [5.41, 5.74) is 0.0235. The third kappa shape index (κ3) is 6.00. The van der Waals surface area contributed by atoms with Gasteiger partial charge >= 0.3 is 0 Å². The van der Waals surface area contributed by atoms with Crippen molar-refractivity contribution in [3.05, 3.63) is 35.6 Å². The molecule has 5 heteroatoms. The Kier molecular flexibility index (Phi) is 6.73. The second kappa shape index (κ2) is 8.09. The quantitative estimate of drug-likeness (QED) is 0.874. The molecule has 0 aliphatic rings. The molecule has 1 aromatic carbocycles. The van der Waals surface area contributed by atoms with E-state index >= 15 is 0 Å². The lowest BCUT2D eigenvalue weighted by Gasteiger charge is -2.31. The summed E-state index contributed by atoms with van der Waals surface area (Å²) in [6.45, 7) is 9.31. The van der Waals surface area contributed by atoms with Crippen molar-refractivity contribution in [2.45, 2.75) is 65.6 Å². The van der Waals surface area contributed by atoms with Crippen molar-refractivity contribution in [1.29, 1.82) is 0 Å². The molecule has 128 valence electrons. The smallest absolute Gasteiger partial charge is 0.242 e. The maximum absolute atomic E-state index is 13.9. The first-order valence-electron chi connectivity index (χ1n) is 8.00. The van der Waals surface area contributed by atoms with Gasteiger partial charge in [0.05, 0.1) is 0 Å². The summed E-state index contributed by atoms with van der Waals surface area (Å²) in [5.74, 6) is -0.754. The third-order valence-electron chi connectivity index (χ3n) is 3.43. The predicted molar refractivity (Wildman–Crippen MR) is 89.2 cm³/mol. The summed E-state index contributed by atoms with van der Waals surface area (Å²) in [6, 6.07) is 5.66. The summed E-state index contributed by atoms with van der Waals surface area (Å²) < 4.78 is 13.9. The van der Waals surface area contributed by atoms with Gasteiger partial charge < -0.3 is 10.2 Å². The molecule has 0 bridgehead atoms. The number of carbonyl (C=O) groups excluding carboxylic acids is 2. The van der Waals surface area contributed by atoms with Crippen LogP contribution in [0.1, 0.15) is 53.0 Å². The van der Waals surface area contributed by atoms with Crippen LogP contribution >= 0.6 is 0 Å². The number of carbonyl (C=O) groups is 2. The van der Waals surface area contributed by atoms with E-state index in [2.05, 4.69) is 5.32 Å². The predicted octanol–water partition coefficient (Wildman–Crippen LogP) is 3.26. The molecule has 0 aliphatic carbocycles. The molecule has 0 radical (unpaired) electrons. The number of rotatable bonds is 6. The maximum Gasteiger partial charge on any atom is 0.242 e. The van der Waals surface area contributed by atoms with Crippen LogP contribution in [0.2, 0.25) is 0 Å². The molecular formula is C18H27FN2O2. The van der Waals surface area contributed by atoms with E-state index < -0.39 is 6.04 Å². The first-order valence-corrected chi connectivity index (χ1v) is 8.00. The Bertz CT molecular complexity index is 552. The van der Waals surface area contributed by atoms with E-state index in [1.54, 1.807) is 25.1 Å². The molecule has 0 spiro atoms. The highest BCUT2D eigenvalue weighted by atomic mass is 19.1. The van der Waals surface area contributed by atoms with Crippen LogP contribution in [0.5, 0.6) is 0 Å². The first kappa shape index (κ1) is 19.1. The molecule has 23 heavy (non-hydrogen) atoms. The van der Waals surface area contributed by atoms with Crippen LogP contribution in [0.3, 0.4) is 0 Å². The van der Waals surface area contributed by atoms with E-state index in [0.717, 1.165) is 0 Å². The molecule has 1 atom stereocenters. The van der Waals surface area contributed by atoms with Gasteiger partial charge in [0, 0.05) is 24.1 Å². The standard InChI is InChI=1S/C18H27FN2O2/c1-6-9-16(22)21(12-14-10-7-8-11-15(14)19)13(2)17(23)20-18(3,4)5/h7-8,10-11,13H,6,9,12H2,1-5H3,(H,20,23). The van der Waals surface area contributed by atoms with Gasteiger partial charge in [-0.1, -0.05) is 25.1 Å². The molecule has 2 amide bonds. The van der Waals surface area contributed by atoms with Crippen LogP contribution in [-0.2, 0) is 16.1 Å². The van der Waals surface area contributed by atoms with Crippen LogP contribution in [0.25, 0.3) is 0 Å². The fraction of sp³-hybridized carbons (Fsp3) is 0.556. The van der Waals surface area contributed by atoms with Crippen molar-refractivity contribution in [2.24, 2.45) is 0 Å². The minimum atomic E-state index is -0.659. The normalized spacial score (nSPS) is 12.6. The van der Waals surface area contributed by atoms with Crippen LogP contribution in [0.4, 0.5) is 4.39 Å². The molecule has 0 aromatic heterocycles. The minimum Gasteiger partial charge on any atom is -0.350 e. The van der Waals surface area contributed by atoms with E-state index in [1.807, 2.05) is 27.7 Å². The van der Waals surface area contributed by atoms with Crippen molar-refractivity contribution in [3.8, 4) is 0 Å². The number of benzene rings is 1. The Morgan fingerprint density at radius 1 is 1.26 bits per heavy atom. The summed E-state index contributed by atoms with van der Waals surface area (Å²) in [4.78, 5) is 26.2. The molecule has 0 heterocycles. The zero-order chi connectivity index (χ0) is 17.6. The fourth-order valence-corrected chi connectivity index (χ4v) is 2.22. The summed E-state index contributed by atoms with van der Waals surface area (Å²) >= 11 is 0. The molecule has 4 nitrogen and oxygen atoms in total. The Morgan fingerprint density at radius 2 is 1.87 bits per heavy atom. The lowest BCUT2D eigenvalue weighted by molar-refractivity contribution is -0.141. The molecule has 0 fully saturated rings. The molecule has 0 aliphatic heterocycles. The molecule has 1 N–H and O–H groups in total. The van der Waals surface area contributed by atoms with Gasteiger partial charge in [-0.25, -0.2) is 4.39 Å². The molecule has 1 aromatic rings. The first-order chi connectivity index (χ1) is 10.7. The van der Waals surface area contributed by atoms with E-state index in [1.165, 1.54) is 11.0 Å². The monoisotopic (exact) mass is 322 g/mol. The second-order valence-electron chi connectivity index (χ2n) is 6.78. The fourth-order valence-electron chi connectivity index (χ4n) is 2.22. The Labute approximate surface area is 138 Å². The largest absolute Gasteiger partial charge is 0.350 e. The lowest BCUT2D eigenvalue weighted by Crippen LogP contribution is -2.52. The highest BCUT2D eigenvalue weighted by molar-refractivity contribution is 5.87. The molecule has 1 rings (SSSR count). The molecular weight excluding hydrogens is 295 g/mol. The van der Waals surface area contributed by atoms with Crippen LogP contribution in [0.15, 0.2) is 24.3 Å². The average molecular weight is 322 g/mol. The van der Waals surface area contributed by atoms with E-state index in [4.69, 9.17) is 0 Å². The van der Waals surface area contributed by atoms with Gasteiger partial charge in [-0.05, 0) is 40.2 Å². The van der Waals surface area contributed by atoms with Gasteiger partial charge in [-0.3, -0.25) is 9.59 Å². The Hall–Kier alpha value is -1.91. The number of amides is 2. The molecule has 0 saturated carbocycles. The number of hydrogen-bond donors (Lipinski definition) is 1. The summed E-state index contributed by atoms with van der Waals surface area (Å²) in [6.07, 6.45) is 1.02. The SMILES string of the molecule is CCCC(=O)N(Cc1ccccc1F)C(C)C(=O)NC(C)(C)C. The zero-order valence-corrected chi connectivity index (χ0v) is 14.6. The third-order valence-corrected chi connectivity index (χ3v) is 3.43. The van der Waals surface area contributed by atoms with Gasteiger partial charge in [0.2, 0.25) is 11.8 Å². The van der Waals surface area contributed by atoms with E-state index in [-0.39, 0.29) is 29.7 Å². The van der Waals surface area contributed by atoms with Gasteiger partial charge in [0.1, 0.15) is 11.9 Å². The highest BCUT2D eigenvalue weighted by Gasteiger charge is 2.28. The van der Waals surface area contributed by atoms with Gasteiger partial charge in [0.25, 0.3) is 0 Å². The summed E-state index contributed by atoms with van der Waals surface area (Å²) in [7, 11) is 0. The van der Waals surface area contributed by atoms with Crippen LogP contribution in [-0.4, -0.2) is 28.3 Å².